The number of carbonyl (C=O) groups is 2. The van der Waals surface area contributed by atoms with Crippen molar-refractivity contribution in [2.75, 3.05) is 18.5 Å². The molecule has 0 fully saturated rings. The summed E-state index contributed by atoms with van der Waals surface area (Å²) < 4.78 is 5.14. The number of nitrogens with one attached hydrogen (secondary N) is 2. The van der Waals surface area contributed by atoms with Gasteiger partial charge in [0.25, 0.3) is 0 Å². The monoisotopic (exact) mass is 312 g/mol. The first-order valence-electron chi connectivity index (χ1n) is 7.42. The Hall–Kier alpha value is -2.66. The number of para-hydroxylation sites is 1. The van der Waals surface area contributed by atoms with Gasteiger partial charge in [0.15, 0.2) is 0 Å². The second kappa shape index (κ2) is 8.70. The molecular formula is C18H20N2O3. The summed E-state index contributed by atoms with van der Waals surface area (Å²) >= 11 is 0. The van der Waals surface area contributed by atoms with E-state index >= 15 is 0 Å². The van der Waals surface area contributed by atoms with Gasteiger partial charge in [0.1, 0.15) is 13.2 Å². The van der Waals surface area contributed by atoms with Crippen LogP contribution in [0.15, 0.2) is 60.7 Å². The van der Waals surface area contributed by atoms with Crippen LogP contribution in [0.1, 0.15) is 18.5 Å². The minimum atomic E-state index is -0.292. The number of anilines is 1. The standard InChI is InChI=1S/C18H20N2O3/c1-14(15-8-4-2-5-9-15)19-17(21)12-23-13-18(22)20-16-10-6-3-7-11-16/h2-11,14H,12-13H2,1H3,(H,19,21)(H,20,22)/t14-/m0/s1. The molecule has 0 heterocycles. The Kier molecular flexibility index (Phi) is 6.32. The lowest BCUT2D eigenvalue weighted by molar-refractivity contribution is -0.129. The molecular weight excluding hydrogens is 292 g/mol. The molecule has 0 spiro atoms. The average molecular weight is 312 g/mol. The summed E-state index contributed by atoms with van der Waals surface area (Å²) in [6.07, 6.45) is 0. The first kappa shape index (κ1) is 16.7. The van der Waals surface area contributed by atoms with E-state index in [1.165, 1.54) is 0 Å². The molecule has 2 aromatic carbocycles. The summed E-state index contributed by atoms with van der Waals surface area (Å²) in [6, 6.07) is 18.6. The van der Waals surface area contributed by atoms with Crippen molar-refractivity contribution in [3.8, 4) is 0 Å². The zero-order chi connectivity index (χ0) is 16.5. The minimum absolute atomic E-state index is 0.106. The molecule has 0 radical (unpaired) electrons. The average Bonchev–Trinajstić information content (AvgIpc) is 2.56. The van der Waals surface area contributed by atoms with Crippen molar-refractivity contribution in [3.63, 3.8) is 0 Å². The van der Waals surface area contributed by atoms with E-state index in [0.29, 0.717) is 5.69 Å². The van der Waals surface area contributed by atoms with Crippen molar-refractivity contribution in [1.29, 1.82) is 0 Å². The van der Waals surface area contributed by atoms with E-state index in [4.69, 9.17) is 4.74 Å². The third-order valence-corrected chi connectivity index (χ3v) is 3.20. The van der Waals surface area contributed by atoms with Crippen LogP contribution in [0.25, 0.3) is 0 Å². The number of ether oxygens (including phenoxy) is 1. The molecule has 120 valence electrons. The van der Waals surface area contributed by atoms with Crippen LogP contribution in [0.5, 0.6) is 0 Å². The van der Waals surface area contributed by atoms with E-state index in [1.807, 2.05) is 55.5 Å². The lowest BCUT2D eigenvalue weighted by Crippen LogP contribution is -2.31. The lowest BCUT2D eigenvalue weighted by atomic mass is 10.1. The van der Waals surface area contributed by atoms with Crippen molar-refractivity contribution in [1.82, 2.24) is 5.32 Å². The smallest absolute Gasteiger partial charge is 0.250 e. The first-order chi connectivity index (χ1) is 11.1. The van der Waals surface area contributed by atoms with Gasteiger partial charge in [-0.25, -0.2) is 0 Å². The molecule has 2 rings (SSSR count). The molecule has 0 saturated carbocycles. The van der Waals surface area contributed by atoms with Gasteiger partial charge in [-0.05, 0) is 24.6 Å². The predicted molar refractivity (Wildman–Crippen MR) is 88.9 cm³/mol. The van der Waals surface area contributed by atoms with Gasteiger partial charge < -0.3 is 15.4 Å². The van der Waals surface area contributed by atoms with E-state index in [0.717, 1.165) is 5.56 Å². The van der Waals surface area contributed by atoms with E-state index in [1.54, 1.807) is 12.1 Å². The van der Waals surface area contributed by atoms with Crippen LogP contribution in [-0.4, -0.2) is 25.0 Å². The summed E-state index contributed by atoms with van der Waals surface area (Å²) in [7, 11) is 0. The highest BCUT2D eigenvalue weighted by atomic mass is 16.5. The number of rotatable bonds is 7. The molecule has 0 aliphatic heterocycles. The molecule has 2 aromatic rings. The fraction of sp³-hybridized carbons (Fsp3) is 0.222. The molecule has 0 unspecified atom stereocenters. The molecule has 0 saturated heterocycles. The minimum Gasteiger partial charge on any atom is -0.362 e. The maximum atomic E-state index is 11.8. The van der Waals surface area contributed by atoms with Crippen LogP contribution in [0.4, 0.5) is 5.69 Å². The van der Waals surface area contributed by atoms with Crippen molar-refractivity contribution >= 4 is 17.5 Å². The molecule has 1 atom stereocenters. The van der Waals surface area contributed by atoms with Gasteiger partial charge >= 0.3 is 0 Å². The summed E-state index contributed by atoms with van der Waals surface area (Å²) in [6.45, 7) is 1.58. The van der Waals surface area contributed by atoms with E-state index in [-0.39, 0.29) is 31.1 Å². The Balaban J connectivity index is 1.67. The van der Waals surface area contributed by atoms with Crippen LogP contribution < -0.4 is 10.6 Å². The van der Waals surface area contributed by atoms with Crippen molar-refractivity contribution in [2.45, 2.75) is 13.0 Å². The van der Waals surface area contributed by atoms with Crippen LogP contribution in [0.2, 0.25) is 0 Å². The van der Waals surface area contributed by atoms with E-state index < -0.39 is 0 Å². The molecule has 0 aliphatic rings. The van der Waals surface area contributed by atoms with Gasteiger partial charge in [0.2, 0.25) is 11.8 Å². The van der Waals surface area contributed by atoms with Crippen molar-refractivity contribution in [3.05, 3.63) is 66.2 Å². The zero-order valence-corrected chi connectivity index (χ0v) is 13.0. The zero-order valence-electron chi connectivity index (χ0n) is 13.0. The summed E-state index contributed by atoms with van der Waals surface area (Å²) in [5, 5.41) is 5.51. The van der Waals surface area contributed by atoms with Gasteiger partial charge in [-0.2, -0.15) is 0 Å². The third-order valence-electron chi connectivity index (χ3n) is 3.20. The number of amides is 2. The fourth-order valence-electron chi connectivity index (χ4n) is 2.06. The molecule has 5 heteroatoms. The molecule has 23 heavy (non-hydrogen) atoms. The Morgan fingerprint density at radius 1 is 0.913 bits per heavy atom. The molecule has 0 aliphatic carbocycles. The summed E-state index contributed by atoms with van der Waals surface area (Å²) in [4.78, 5) is 23.5. The largest absolute Gasteiger partial charge is 0.362 e. The van der Waals surface area contributed by atoms with Crippen LogP contribution in [-0.2, 0) is 14.3 Å². The van der Waals surface area contributed by atoms with Crippen LogP contribution in [0.3, 0.4) is 0 Å². The van der Waals surface area contributed by atoms with Crippen molar-refractivity contribution in [2.24, 2.45) is 0 Å². The third kappa shape index (κ3) is 5.92. The molecule has 5 nitrogen and oxygen atoms in total. The number of hydrogen-bond donors (Lipinski definition) is 2. The highest BCUT2D eigenvalue weighted by Crippen LogP contribution is 2.10. The SMILES string of the molecule is C[C@H](NC(=O)COCC(=O)Nc1ccccc1)c1ccccc1. The Labute approximate surface area is 135 Å². The summed E-state index contributed by atoms with van der Waals surface area (Å²) in [5.74, 6) is -0.547. The van der Waals surface area contributed by atoms with Gasteiger partial charge in [-0.15, -0.1) is 0 Å². The number of hydrogen-bond acceptors (Lipinski definition) is 3. The fourth-order valence-corrected chi connectivity index (χ4v) is 2.06. The second-order valence-electron chi connectivity index (χ2n) is 5.11. The van der Waals surface area contributed by atoms with E-state index in [9.17, 15) is 9.59 Å². The normalized spacial score (nSPS) is 11.5. The highest BCUT2D eigenvalue weighted by Gasteiger charge is 2.10. The molecule has 0 bridgehead atoms. The molecule has 2 N–H and O–H groups in total. The van der Waals surface area contributed by atoms with Gasteiger partial charge in [-0.1, -0.05) is 48.5 Å². The highest BCUT2D eigenvalue weighted by molar-refractivity contribution is 5.91. The quantitative estimate of drug-likeness (QED) is 0.825. The van der Waals surface area contributed by atoms with E-state index in [2.05, 4.69) is 10.6 Å². The van der Waals surface area contributed by atoms with Crippen molar-refractivity contribution < 1.29 is 14.3 Å². The number of carbonyl (C=O) groups excluding carboxylic acids is 2. The Bertz CT molecular complexity index is 629. The molecule has 2 amide bonds. The number of benzene rings is 2. The Morgan fingerprint density at radius 2 is 1.48 bits per heavy atom. The Morgan fingerprint density at radius 3 is 2.13 bits per heavy atom. The van der Waals surface area contributed by atoms with Crippen LogP contribution >= 0.6 is 0 Å². The topological polar surface area (TPSA) is 67.4 Å². The molecule has 0 aromatic heterocycles. The van der Waals surface area contributed by atoms with Gasteiger partial charge in [-0.3, -0.25) is 9.59 Å². The first-order valence-corrected chi connectivity index (χ1v) is 7.42. The predicted octanol–water partition coefficient (Wildman–Crippen LogP) is 2.52. The maximum absolute atomic E-state index is 11.8. The lowest BCUT2D eigenvalue weighted by Gasteiger charge is -2.14. The maximum Gasteiger partial charge on any atom is 0.250 e. The van der Waals surface area contributed by atoms with Gasteiger partial charge in [0.05, 0.1) is 6.04 Å². The second-order valence-corrected chi connectivity index (χ2v) is 5.11. The van der Waals surface area contributed by atoms with Gasteiger partial charge in [0, 0.05) is 5.69 Å². The summed E-state index contributed by atoms with van der Waals surface area (Å²) in [5.41, 5.74) is 1.71. The van der Waals surface area contributed by atoms with Crippen LogP contribution in [0, 0.1) is 0 Å².